The second-order valence-electron chi connectivity index (χ2n) is 17.2. The first-order valence-electron chi connectivity index (χ1n) is 21.1. The summed E-state index contributed by atoms with van der Waals surface area (Å²) in [6.07, 6.45) is 9.51. The molecule has 0 aliphatic carbocycles. The Morgan fingerprint density at radius 1 is 0.483 bits per heavy atom. The van der Waals surface area contributed by atoms with E-state index in [-0.39, 0.29) is 47.1 Å². The van der Waals surface area contributed by atoms with Gasteiger partial charge in [-0.05, 0) is 92.9 Å². The first kappa shape index (κ1) is 45.2. The minimum absolute atomic E-state index is 0.0506. The monoisotopic (exact) mass is 840 g/mol. The van der Waals surface area contributed by atoms with E-state index < -0.39 is 19.7 Å². The summed E-state index contributed by atoms with van der Waals surface area (Å²) in [4.78, 5) is 22.8. The van der Waals surface area contributed by atoms with Crippen LogP contribution in [-0.2, 0) is 74.0 Å². The smallest absolute Gasteiger partial charge is 0.195 e. The van der Waals surface area contributed by atoms with Crippen LogP contribution in [0.2, 0.25) is 0 Å². The summed E-state index contributed by atoms with van der Waals surface area (Å²) in [5, 5.41) is 17.8. The molecule has 0 fully saturated rings. The lowest BCUT2D eigenvalue weighted by Gasteiger charge is -2.02. The first-order valence-corrected chi connectivity index (χ1v) is 24.5. The van der Waals surface area contributed by atoms with Crippen LogP contribution in [0.25, 0.3) is 0 Å². The van der Waals surface area contributed by atoms with Crippen molar-refractivity contribution in [1.82, 2.24) is 39.1 Å². The highest BCUT2D eigenvalue weighted by Gasteiger charge is 2.28. The Bertz CT molecular complexity index is 2230. The third-order valence-electron chi connectivity index (χ3n) is 10.8. The third kappa shape index (κ3) is 12.1. The molecule has 0 saturated heterocycles. The number of Topliss-reactive ketones (excluding diaryl/α,β-unsaturated/α-hetero) is 2. The lowest BCUT2D eigenvalue weighted by Crippen LogP contribution is -2.13. The lowest BCUT2D eigenvalue weighted by atomic mass is 10.1. The van der Waals surface area contributed by atoms with Crippen LogP contribution >= 0.6 is 0 Å². The number of fused-ring (bicyclic) bond motifs is 4. The molecule has 4 aromatic heterocycles. The van der Waals surface area contributed by atoms with E-state index in [1.54, 1.807) is 10.7 Å². The van der Waals surface area contributed by atoms with Crippen molar-refractivity contribution < 1.29 is 26.4 Å². The highest BCUT2D eigenvalue weighted by atomic mass is 32.2. The highest BCUT2D eigenvalue weighted by Crippen LogP contribution is 2.24. The third-order valence-corrected chi connectivity index (χ3v) is 14.0. The maximum Gasteiger partial charge on any atom is 0.195 e. The number of hydrogen-bond donors (Lipinski definition) is 0. The van der Waals surface area contributed by atoms with Gasteiger partial charge < -0.3 is 0 Å². The number of aromatic nitrogens is 8. The Morgan fingerprint density at radius 3 is 1.57 bits per heavy atom. The molecule has 0 radical (unpaired) electrons. The van der Waals surface area contributed by atoms with Gasteiger partial charge in [0.1, 0.15) is 12.4 Å². The summed E-state index contributed by atoms with van der Waals surface area (Å²) in [7, 11) is -6.29. The van der Waals surface area contributed by atoms with Crippen LogP contribution in [0.3, 0.4) is 0 Å². The van der Waals surface area contributed by atoms with E-state index in [1.165, 1.54) is 47.4 Å². The van der Waals surface area contributed by atoms with E-state index in [4.69, 9.17) is 0 Å². The molecular formula is C42H64N8O6S2. The number of carbonyl (C=O) groups is 2. The van der Waals surface area contributed by atoms with Crippen molar-refractivity contribution in [1.29, 1.82) is 0 Å². The molecule has 0 aromatic carbocycles. The standard InChI is InChI=1S/C11H16N2O.C11H18N2.C10H14N2O3S.C10H16N2O2S/c1-8(2)11-6-9-4-3-5-10(14)7-13(9)12-11;1-9(2)11-8-10-6-4-3-5-7-13(10)12-11;1-7(2)9-5-10-12(11-9)6-8(13)3-4-16(10,14)15;1-8(2)10-6-9-4-3-5-15(13,14)7-12(9)11-10/h6,8H,3-5,7H2,1-2H3;8-9H,3-7H2,1-2H3;5,7H,3-4,6H2,1-2H3;6,8H,3-5,7H2,1-2H3. The van der Waals surface area contributed by atoms with E-state index in [1.807, 2.05) is 24.6 Å². The van der Waals surface area contributed by atoms with Gasteiger partial charge in [-0.3, -0.25) is 23.6 Å². The fourth-order valence-electron chi connectivity index (χ4n) is 7.17. The van der Waals surface area contributed by atoms with E-state index in [9.17, 15) is 26.4 Å². The van der Waals surface area contributed by atoms with Crippen LogP contribution in [0.15, 0.2) is 29.3 Å². The molecule has 0 bridgehead atoms. The Kier molecular flexibility index (Phi) is 15.1. The van der Waals surface area contributed by atoms with Crippen molar-refractivity contribution in [3.8, 4) is 0 Å². The van der Waals surface area contributed by atoms with Gasteiger partial charge in [-0.15, -0.1) is 0 Å². The Morgan fingerprint density at radius 2 is 0.948 bits per heavy atom. The molecule has 0 amide bonds. The van der Waals surface area contributed by atoms with E-state index >= 15 is 0 Å². The van der Waals surface area contributed by atoms with Crippen molar-refractivity contribution >= 4 is 31.2 Å². The molecule has 4 aliphatic heterocycles. The Balaban J connectivity index is 0.000000148. The predicted octanol–water partition coefficient (Wildman–Crippen LogP) is 6.72. The van der Waals surface area contributed by atoms with Crippen molar-refractivity contribution in [3.05, 3.63) is 64.1 Å². The molecule has 0 saturated carbocycles. The summed E-state index contributed by atoms with van der Waals surface area (Å²) in [5.41, 5.74) is 7.79. The maximum atomic E-state index is 11.9. The lowest BCUT2D eigenvalue weighted by molar-refractivity contribution is -0.120. The van der Waals surface area contributed by atoms with E-state index in [2.05, 4.69) is 78.8 Å². The van der Waals surface area contributed by atoms with Crippen molar-refractivity contribution in [3.63, 3.8) is 0 Å². The van der Waals surface area contributed by atoms with Gasteiger partial charge in [0.2, 0.25) is 0 Å². The van der Waals surface area contributed by atoms with Crippen LogP contribution in [-0.4, -0.2) is 79.0 Å². The molecule has 0 N–H and O–H groups in total. The normalized spacial score (nSPS) is 18.5. The van der Waals surface area contributed by atoms with Crippen molar-refractivity contribution in [2.75, 3.05) is 11.5 Å². The summed E-state index contributed by atoms with van der Waals surface area (Å²) in [5.74, 6) is 1.99. The quantitative estimate of drug-likeness (QED) is 0.215. The van der Waals surface area contributed by atoms with Gasteiger partial charge in [0.25, 0.3) is 0 Å². The number of aryl methyl sites for hydroxylation is 4. The number of sulfone groups is 2. The zero-order valence-corrected chi connectivity index (χ0v) is 37.4. The molecule has 14 nitrogen and oxygen atoms in total. The molecule has 0 spiro atoms. The van der Waals surface area contributed by atoms with Crippen molar-refractivity contribution in [2.45, 2.75) is 174 Å². The number of carbonyl (C=O) groups excluding carboxylic acids is 2. The van der Waals surface area contributed by atoms with Gasteiger partial charge in [-0.2, -0.15) is 20.4 Å². The molecule has 4 aromatic rings. The van der Waals surface area contributed by atoms with Crippen LogP contribution in [0, 0.1) is 0 Å². The number of rotatable bonds is 4. The number of ketones is 2. The highest BCUT2D eigenvalue weighted by molar-refractivity contribution is 7.91. The van der Waals surface area contributed by atoms with Gasteiger partial charge in [-0.1, -0.05) is 61.8 Å². The molecule has 16 heteroatoms. The van der Waals surface area contributed by atoms with Gasteiger partial charge in [-0.25, -0.2) is 21.5 Å². The SMILES string of the molecule is CC(C)c1cc2n(n1)CC(=O)CCC2.CC(C)c1cc2n(n1)CC(=O)CCS2(=O)=O.CC(C)c1cc2n(n1)CCCCC2.CC(C)c1cc2n(n1)CS(=O)(=O)CCC2. The van der Waals surface area contributed by atoms with Crippen molar-refractivity contribution in [2.24, 2.45) is 0 Å². The van der Waals surface area contributed by atoms with Gasteiger partial charge >= 0.3 is 0 Å². The zero-order chi connectivity index (χ0) is 42.4. The van der Waals surface area contributed by atoms with Crippen LogP contribution < -0.4 is 0 Å². The molecule has 0 unspecified atom stereocenters. The van der Waals surface area contributed by atoms with Crippen LogP contribution in [0.5, 0.6) is 0 Å². The molecule has 58 heavy (non-hydrogen) atoms. The van der Waals surface area contributed by atoms with Crippen LogP contribution in [0.4, 0.5) is 0 Å². The van der Waals surface area contributed by atoms with E-state index in [0.29, 0.717) is 48.6 Å². The molecule has 320 valence electrons. The molecule has 8 rings (SSSR count). The number of nitrogens with zero attached hydrogens (tertiary/aromatic N) is 8. The predicted molar refractivity (Wildman–Crippen MR) is 225 cm³/mol. The average molecular weight is 841 g/mol. The minimum Gasteiger partial charge on any atom is -0.298 e. The first-order chi connectivity index (χ1) is 27.3. The topological polar surface area (TPSA) is 174 Å². The zero-order valence-electron chi connectivity index (χ0n) is 35.8. The molecule has 8 heterocycles. The Hall–Kier alpha value is -3.92. The second kappa shape index (κ2) is 19.4. The molecular weight excluding hydrogens is 777 g/mol. The maximum absolute atomic E-state index is 11.9. The fraction of sp³-hybridized carbons (Fsp3) is 0.667. The van der Waals surface area contributed by atoms with E-state index in [0.717, 1.165) is 42.9 Å². The average Bonchev–Trinajstić information content (AvgIpc) is 3.87. The fourth-order valence-corrected chi connectivity index (χ4v) is 9.91. The Labute approximate surface area is 345 Å². The minimum atomic E-state index is -3.34. The summed E-state index contributed by atoms with van der Waals surface area (Å²) in [6, 6.07) is 8.04. The number of hydrogen-bond acceptors (Lipinski definition) is 10. The summed E-state index contributed by atoms with van der Waals surface area (Å²) >= 11 is 0. The summed E-state index contributed by atoms with van der Waals surface area (Å²) < 4.78 is 53.9. The second-order valence-corrected chi connectivity index (χ2v) is 21.4. The van der Waals surface area contributed by atoms with Gasteiger partial charge in [0.05, 0.1) is 40.8 Å². The van der Waals surface area contributed by atoms with Gasteiger partial charge in [0.15, 0.2) is 36.3 Å². The largest absolute Gasteiger partial charge is 0.298 e. The van der Waals surface area contributed by atoms with Crippen LogP contribution in [0.1, 0.15) is 164 Å². The van der Waals surface area contributed by atoms with Gasteiger partial charge in [0, 0.05) is 36.5 Å². The molecule has 0 atom stereocenters. The summed E-state index contributed by atoms with van der Waals surface area (Å²) in [6.45, 7) is 18.4. The molecule has 4 aliphatic rings.